The molecule has 1 aliphatic rings. The third kappa shape index (κ3) is 2.81. The summed E-state index contributed by atoms with van der Waals surface area (Å²) in [5, 5.41) is 0. The highest BCUT2D eigenvalue weighted by atomic mass is 19.1. The molecule has 2 rings (SSSR count). The van der Waals surface area contributed by atoms with Gasteiger partial charge in [0.2, 0.25) is 0 Å². The Bertz CT molecular complexity index is 447. The van der Waals surface area contributed by atoms with Crippen LogP contribution in [0.1, 0.15) is 43.0 Å². The van der Waals surface area contributed by atoms with Crippen molar-refractivity contribution < 1.29 is 13.9 Å². The van der Waals surface area contributed by atoms with Crippen LogP contribution in [0.3, 0.4) is 0 Å². The first-order chi connectivity index (χ1) is 8.58. The summed E-state index contributed by atoms with van der Waals surface area (Å²) < 4.78 is 18.6. The van der Waals surface area contributed by atoms with Gasteiger partial charge in [0.15, 0.2) is 0 Å². The van der Waals surface area contributed by atoms with E-state index in [-0.39, 0.29) is 17.4 Å². The molecule has 0 bridgehead atoms. The SMILES string of the molecule is CC1CCCC(OC(=O)c2cccc(F)c2N)C1. The molecular weight excluding hydrogens is 233 g/mol. The van der Waals surface area contributed by atoms with E-state index in [9.17, 15) is 9.18 Å². The average Bonchev–Trinajstić information content (AvgIpc) is 2.32. The molecule has 3 nitrogen and oxygen atoms in total. The molecule has 1 fully saturated rings. The number of hydrogen-bond donors (Lipinski definition) is 1. The summed E-state index contributed by atoms with van der Waals surface area (Å²) in [6.45, 7) is 2.15. The lowest BCUT2D eigenvalue weighted by Crippen LogP contribution is -2.25. The molecule has 1 aliphatic carbocycles. The minimum absolute atomic E-state index is 0.0658. The molecule has 0 radical (unpaired) electrons. The largest absolute Gasteiger partial charge is 0.459 e. The van der Waals surface area contributed by atoms with Crippen molar-refractivity contribution in [2.24, 2.45) is 5.92 Å². The quantitative estimate of drug-likeness (QED) is 0.649. The predicted octanol–water partition coefficient (Wildman–Crippen LogP) is 3.14. The van der Waals surface area contributed by atoms with Gasteiger partial charge >= 0.3 is 5.97 Å². The monoisotopic (exact) mass is 251 g/mol. The van der Waals surface area contributed by atoms with Crippen LogP contribution >= 0.6 is 0 Å². The third-order valence-corrected chi connectivity index (χ3v) is 3.43. The number of nitrogen functional groups attached to an aromatic ring is 1. The molecule has 0 saturated heterocycles. The number of halogens is 1. The highest BCUT2D eigenvalue weighted by Gasteiger charge is 2.24. The van der Waals surface area contributed by atoms with Crippen LogP contribution in [0.2, 0.25) is 0 Å². The van der Waals surface area contributed by atoms with Crippen molar-refractivity contribution in [1.82, 2.24) is 0 Å². The summed E-state index contributed by atoms with van der Waals surface area (Å²) in [5.74, 6) is -0.533. The first-order valence-electron chi connectivity index (χ1n) is 6.33. The Balaban J connectivity index is 2.05. The van der Waals surface area contributed by atoms with E-state index >= 15 is 0 Å². The van der Waals surface area contributed by atoms with Gasteiger partial charge in [-0.05, 0) is 37.3 Å². The lowest BCUT2D eigenvalue weighted by Gasteiger charge is -2.26. The average molecular weight is 251 g/mol. The number of esters is 1. The Kier molecular flexibility index (Phi) is 3.84. The Morgan fingerprint density at radius 2 is 2.22 bits per heavy atom. The molecule has 1 aromatic rings. The van der Waals surface area contributed by atoms with Gasteiger partial charge in [0, 0.05) is 0 Å². The molecule has 4 heteroatoms. The summed E-state index contributed by atoms with van der Waals surface area (Å²) in [5.41, 5.74) is 5.53. The van der Waals surface area contributed by atoms with E-state index in [1.54, 1.807) is 0 Å². The number of carbonyl (C=O) groups excluding carboxylic acids is 1. The van der Waals surface area contributed by atoms with E-state index in [4.69, 9.17) is 10.5 Å². The number of ether oxygens (including phenoxy) is 1. The van der Waals surface area contributed by atoms with Crippen molar-refractivity contribution in [3.63, 3.8) is 0 Å². The first kappa shape index (κ1) is 12.9. The molecule has 18 heavy (non-hydrogen) atoms. The second-order valence-corrected chi connectivity index (χ2v) is 5.00. The topological polar surface area (TPSA) is 52.3 Å². The second kappa shape index (κ2) is 5.38. The molecule has 0 heterocycles. The standard InChI is InChI=1S/C14H18FNO2/c1-9-4-2-5-10(8-9)18-14(17)11-6-3-7-12(15)13(11)16/h3,6-7,9-10H,2,4-5,8,16H2,1H3. The normalized spacial score (nSPS) is 23.7. The fourth-order valence-corrected chi connectivity index (χ4v) is 2.42. The minimum atomic E-state index is -0.582. The van der Waals surface area contributed by atoms with Crippen LogP contribution in [0, 0.1) is 11.7 Å². The maximum Gasteiger partial charge on any atom is 0.340 e. The van der Waals surface area contributed by atoms with Gasteiger partial charge in [-0.2, -0.15) is 0 Å². The Hall–Kier alpha value is -1.58. The van der Waals surface area contributed by atoms with E-state index in [0.29, 0.717) is 5.92 Å². The van der Waals surface area contributed by atoms with Crippen LogP contribution in [0.4, 0.5) is 10.1 Å². The molecule has 2 unspecified atom stereocenters. The number of nitrogens with two attached hydrogens (primary N) is 1. The van der Waals surface area contributed by atoms with Gasteiger partial charge in [0.05, 0.1) is 11.3 Å². The Morgan fingerprint density at radius 3 is 2.94 bits per heavy atom. The van der Waals surface area contributed by atoms with Crippen molar-refractivity contribution >= 4 is 11.7 Å². The molecule has 2 atom stereocenters. The van der Waals surface area contributed by atoms with E-state index in [1.165, 1.54) is 24.6 Å². The zero-order valence-corrected chi connectivity index (χ0v) is 10.5. The van der Waals surface area contributed by atoms with Gasteiger partial charge in [-0.1, -0.05) is 19.4 Å². The fourth-order valence-electron chi connectivity index (χ4n) is 2.42. The summed E-state index contributed by atoms with van der Waals surface area (Å²) in [4.78, 5) is 11.9. The van der Waals surface area contributed by atoms with Crippen molar-refractivity contribution in [3.8, 4) is 0 Å². The van der Waals surface area contributed by atoms with Crippen molar-refractivity contribution in [1.29, 1.82) is 0 Å². The highest BCUT2D eigenvalue weighted by molar-refractivity contribution is 5.95. The number of rotatable bonds is 2. The van der Waals surface area contributed by atoms with Gasteiger partial charge in [-0.15, -0.1) is 0 Å². The summed E-state index contributed by atoms with van der Waals surface area (Å²) in [6, 6.07) is 4.19. The molecule has 0 spiro atoms. The van der Waals surface area contributed by atoms with Crippen molar-refractivity contribution in [3.05, 3.63) is 29.6 Å². The molecule has 0 aliphatic heterocycles. The van der Waals surface area contributed by atoms with Crippen LogP contribution < -0.4 is 5.73 Å². The molecule has 0 aromatic heterocycles. The van der Waals surface area contributed by atoms with E-state index < -0.39 is 11.8 Å². The van der Waals surface area contributed by atoms with Gasteiger partial charge in [-0.3, -0.25) is 0 Å². The van der Waals surface area contributed by atoms with Crippen LogP contribution in [0.25, 0.3) is 0 Å². The van der Waals surface area contributed by atoms with Gasteiger partial charge in [0.25, 0.3) is 0 Å². The molecule has 2 N–H and O–H groups in total. The van der Waals surface area contributed by atoms with Gasteiger partial charge in [0.1, 0.15) is 11.9 Å². The Morgan fingerprint density at radius 1 is 1.44 bits per heavy atom. The van der Waals surface area contributed by atoms with E-state index in [1.807, 2.05) is 0 Å². The number of hydrogen-bond acceptors (Lipinski definition) is 3. The molecule has 0 amide bonds. The molecule has 1 aromatic carbocycles. The number of para-hydroxylation sites is 1. The van der Waals surface area contributed by atoms with Crippen LogP contribution in [0.5, 0.6) is 0 Å². The molecule has 1 saturated carbocycles. The summed E-state index contributed by atoms with van der Waals surface area (Å²) >= 11 is 0. The zero-order valence-electron chi connectivity index (χ0n) is 10.5. The smallest absolute Gasteiger partial charge is 0.340 e. The molecule has 98 valence electrons. The number of benzene rings is 1. The third-order valence-electron chi connectivity index (χ3n) is 3.43. The van der Waals surface area contributed by atoms with Crippen LogP contribution in [-0.2, 0) is 4.74 Å². The second-order valence-electron chi connectivity index (χ2n) is 5.00. The van der Waals surface area contributed by atoms with Crippen molar-refractivity contribution in [2.75, 3.05) is 5.73 Å². The predicted molar refractivity (Wildman–Crippen MR) is 67.6 cm³/mol. The van der Waals surface area contributed by atoms with Gasteiger partial charge in [-0.25, -0.2) is 9.18 Å². The van der Waals surface area contributed by atoms with E-state index in [2.05, 4.69) is 6.92 Å². The highest BCUT2D eigenvalue weighted by Crippen LogP contribution is 2.27. The Labute approximate surface area is 106 Å². The first-order valence-corrected chi connectivity index (χ1v) is 6.33. The lowest BCUT2D eigenvalue weighted by atomic mass is 9.89. The summed E-state index contributed by atoms with van der Waals surface area (Å²) in [7, 11) is 0. The van der Waals surface area contributed by atoms with E-state index in [0.717, 1.165) is 19.3 Å². The van der Waals surface area contributed by atoms with Crippen LogP contribution in [0.15, 0.2) is 18.2 Å². The van der Waals surface area contributed by atoms with Crippen LogP contribution in [-0.4, -0.2) is 12.1 Å². The minimum Gasteiger partial charge on any atom is -0.459 e. The maximum absolute atomic E-state index is 13.2. The fraction of sp³-hybridized carbons (Fsp3) is 0.500. The number of anilines is 1. The zero-order chi connectivity index (χ0) is 13.1. The lowest BCUT2D eigenvalue weighted by molar-refractivity contribution is 0.0156. The number of carbonyl (C=O) groups is 1. The van der Waals surface area contributed by atoms with Crippen molar-refractivity contribution in [2.45, 2.75) is 38.7 Å². The maximum atomic E-state index is 13.2. The van der Waals surface area contributed by atoms with Gasteiger partial charge < -0.3 is 10.5 Å². The summed E-state index contributed by atoms with van der Waals surface area (Å²) in [6.07, 6.45) is 3.93. The molecular formula is C14H18FNO2.